The van der Waals surface area contributed by atoms with Gasteiger partial charge in [-0.1, -0.05) is 29.3 Å². The van der Waals surface area contributed by atoms with Crippen molar-refractivity contribution in [1.29, 1.82) is 0 Å². The van der Waals surface area contributed by atoms with E-state index < -0.39 is 0 Å². The highest BCUT2D eigenvalue weighted by molar-refractivity contribution is 7.80. The lowest BCUT2D eigenvalue weighted by Gasteiger charge is -2.01. The fourth-order valence-corrected chi connectivity index (χ4v) is 1.60. The minimum atomic E-state index is 0.933. The second kappa shape index (κ2) is 3.82. The van der Waals surface area contributed by atoms with Gasteiger partial charge in [0.1, 0.15) is 0 Å². The van der Waals surface area contributed by atoms with Crippen LogP contribution in [0.15, 0.2) is 18.2 Å². The van der Waals surface area contributed by atoms with Gasteiger partial charge in [0.25, 0.3) is 0 Å². The van der Waals surface area contributed by atoms with Crippen molar-refractivity contribution in [1.82, 2.24) is 0 Å². The van der Waals surface area contributed by atoms with Gasteiger partial charge in [0, 0.05) is 0 Å². The topological polar surface area (TPSA) is 0 Å². The molecule has 0 aliphatic carbocycles. The third kappa shape index (κ3) is 2.58. The largest absolute Gasteiger partial charge is 0.179 e. The summed E-state index contributed by atoms with van der Waals surface area (Å²) in [4.78, 5) is 0. The monoisotopic (exact) mass is 166 g/mol. The van der Waals surface area contributed by atoms with E-state index in [1.807, 2.05) is 0 Å². The molecule has 0 nitrogen and oxygen atoms in total. The first-order valence-electron chi connectivity index (χ1n) is 3.90. The lowest BCUT2D eigenvalue weighted by atomic mass is 10.1. The van der Waals surface area contributed by atoms with E-state index in [1.165, 1.54) is 16.7 Å². The van der Waals surface area contributed by atoms with Gasteiger partial charge in [0.15, 0.2) is 0 Å². The Kier molecular flexibility index (Phi) is 3.01. The molecule has 1 aromatic rings. The Morgan fingerprint density at radius 3 is 2.09 bits per heavy atom. The molecule has 0 fully saturated rings. The predicted molar refractivity (Wildman–Crippen MR) is 53.5 cm³/mol. The molecule has 0 bridgehead atoms. The SMILES string of the molecule is Cc1cc(C)cc(CCS)c1. The van der Waals surface area contributed by atoms with Gasteiger partial charge < -0.3 is 0 Å². The number of aryl methyl sites for hydroxylation is 3. The summed E-state index contributed by atoms with van der Waals surface area (Å²) in [6, 6.07) is 6.65. The molecule has 0 unspecified atom stereocenters. The Balaban J connectivity index is 2.89. The molecule has 1 aromatic carbocycles. The molecule has 0 aromatic heterocycles. The lowest BCUT2D eigenvalue weighted by molar-refractivity contribution is 1.14. The quantitative estimate of drug-likeness (QED) is 0.642. The number of rotatable bonds is 2. The first-order valence-corrected chi connectivity index (χ1v) is 4.53. The molecule has 0 spiro atoms. The van der Waals surface area contributed by atoms with Crippen molar-refractivity contribution >= 4 is 12.6 Å². The molecule has 0 saturated heterocycles. The Hall–Kier alpha value is -0.430. The van der Waals surface area contributed by atoms with Crippen molar-refractivity contribution in [2.24, 2.45) is 0 Å². The van der Waals surface area contributed by atoms with Crippen molar-refractivity contribution in [3.05, 3.63) is 34.9 Å². The summed E-state index contributed by atoms with van der Waals surface area (Å²) in [5.74, 6) is 0.933. The van der Waals surface area contributed by atoms with Crippen LogP contribution in [0, 0.1) is 13.8 Å². The Morgan fingerprint density at radius 1 is 1.09 bits per heavy atom. The van der Waals surface area contributed by atoms with Gasteiger partial charge in [-0.25, -0.2) is 0 Å². The summed E-state index contributed by atoms with van der Waals surface area (Å²) < 4.78 is 0. The zero-order valence-corrected chi connectivity index (χ0v) is 7.99. The van der Waals surface area contributed by atoms with Crippen molar-refractivity contribution in [3.63, 3.8) is 0 Å². The van der Waals surface area contributed by atoms with E-state index in [-0.39, 0.29) is 0 Å². The van der Waals surface area contributed by atoms with E-state index in [9.17, 15) is 0 Å². The van der Waals surface area contributed by atoms with Crippen LogP contribution >= 0.6 is 12.6 Å². The molecule has 0 heterocycles. The Morgan fingerprint density at radius 2 is 1.64 bits per heavy atom. The van der Waals surface area contributed by atoms with E-state index in [4.69, 9.17) is 0 Å². The van der Waals surface area contributed by atoms with Crippen molar-refractivity contribution in [2.45, 2.75) is 20.3 Å². The molecule has 0 atom stereocenters. The van der Waals surface area contributed by atoms with E-state index in [1.54, 1.807) is 0 Å². The first kappa shape index (κ1) is 8.66. The first-order chi connectivity index (χ1) is 5.22. The third-order valence-corrected chi connectivity index (χ3v) is 1.91. The van der Waals surface area contributed by atoms with Crippen molar-refractivity contribution in [2.75, 3.05) is 5.75 Å². The van der Waals surface area contributed by atoms with Crippen LogP contribution < -0.4 is 0 Å². The van der Waals surface area contributed by atoms with Crippen LogP contribution in [0.4, 0.5) is 0 Å². The van der Waals surface area contributed by atoms with Gasteiger partial charge in [-0.05, 0) is 31.6 Å². The summed E-state index contributed by atoms with van der Waals surface area (Å²) in [6.07, 6.45) is 1.08. The van der Waals surface area contributed by atoms with E-state index >= 15 is 0 Å². The highest BCUT2D eigenvalue weighted by atomic mass is 32.1. The maximum absolute atomic E-state index is 4.20. The smallest absolute Gasteiger partial charge is 0.00574 e. The highest BCUT2D eigenvalue weighted by Gasteiger charge is 1.93. The molecular weight excluding hydrogens is 152 g/mol. The van der Waals surface area contributed by atoms with Crippen molar-refractivity contribution < 1.29 is 0 Å². The van der Waals surface area contributed by atoms with Gasteiger partial charge in [-0.2, -0.15) is 12.6 Å². The predicted octanol–water partition coefficient (Wildman–Crippen LogP) is 2.78. The molecule has 0 amide bonds. The molecule has 0 saturated carbocycles. The van der Waals surface area contributed by atoms with Gasteiger partial charge in [-0.3, -0.25) is 0 Å². The number of hydrogen-bond acceptors (Lipinski definition) is 1. The minimum Gasteiger partial charge on any atom is -0.179 e. The van der Waals surface area contributed by atoms with Crippen LogP contribution in [-0.4, -0.2) is 5.75 Å². The number of benzene rings is 1. The zero-order chi connectivity index (χ0) is 8.27. The summed E-state index contributed by atoms with van der Waals surface area (Å²) in [5.41, 5.74) is 4.10. The molecule has 11 heavy (non-hydrogen) atoms. The molecule has 0 aliphatic heterocycles. The number of hydrogen-bond donors (Lipinski definition) is 1. The van der Waals surface area contributed by atoms with Crippen molar-refractivity contribution in [3.8, 4) is 0 Å². The van der Waals surface area contributed by atoms with E-state index in [2.05, 4.69) is 44.7 Å². The summed E-state index contributed by atoms with van der Waals surface area (Å²) in [6.45, 7) is 4.27. The summed E-state index contributed by atoms with van der Waals surface area (Å²) in [5, 5.41) is 0. The fraction of sp³-hybridized carbons (Fsp3) is 0.400. The molecular formula is C10H14S. The third-order valence-electron chi connectivity index (χ3n) is 1.68. The van der Waals surface area contributed by atoms with Crippen LogP contribution in [0.1, 0.15) is 16.7 Å². The van der Waals surface area contributed by atoms with Crippen LogP contribution in [0.25, 0.3) is 0 Å². The molecule has 0 radical (unpaired) electrons. The second-order valence-corrected chi connectivity index (χ2v) is 3.42. The van der Waals surface area contributed by atoms with Crippen LogP contribution in [-0.2, 0) is 6.42 Å². The zero-order valence-electron chi connectivity index (χ0n) is 7.09. The number of thiol groups is 1. The van der Waals surface area contributed by atoms with Crippen LogP contribution in [0.5, 0.6) is 0 Å². The minimum absolute atomic E-state index is 0.933. The second-order valence-electron chi connectivity index (χ2n) is 2.97. The maximum atomic E-state index is 4.20. The molecule has 0 aliphatic rings. The molecule has 60 valence electrons. The van der Waals surface area contributed by atoms with E-state index in [0.29, 0.717) is 0 Å². The average molecular weight is 166 g/mol. The fourth-order valence-electron chi connectivity index (χ4n) is 1.34. The van der Waals surface area contributed by atoms with Gasteiger partial charge in [-0.15, -0.1) is 0 Å². The van der Waals surface area contributed by atoms with Crippen LogP contribution in [0.3, 0.4) is 0 Å². The average Bonchev–Trinajstić information content (AvgIpc) is 1.85. The standard InChI is InChI=1S/C10H14S/c1-8-5-9(2)7-10(6-8)3-4-11/h5-7,11H,3-4H2,1-2H3. The van der Waals surface area contributed by atoms with Gasteiger partial charge >= 0.3 is 0 Å². The summed E-state index contributed by atoms with van der Waals surface area (Å²) in [7, 11) is 0. The summed E-state index contributed by atoms with van der Waals surface area (Å²) >= 11 is 4.20. The normalized spacial score (nSPS) is 10.1. The van der Waals surface area contributed by atoms with Gasteiger partial charge in [0.2, 0.25) is 0 Å². The highest BCUT2D eigenvalue weighted by Crippen LogP contribution is 2.09. The van der Waals surface area contributed by atoms with Gasteiger partial charge in [0.05, 0.1) is 0 Å². The van der Waals surface area contributed by atoms with E-state index in [0.717, 1.165) is 12.2 Å². The molecule has 0 N–H and O–H groups in total. The Bertz CT molecular complexity index is 220. The molecule has 1 heteroatoms. The lowest BCUT2D eigenvalue weighted by Crippen LogP contribution is -1.88. The molecule has 1 rings (SSSR count). The maximum Gasteiger partial charge on any atom is -0.00574 e. The van der Waals surface area contributed by atoms with Crippen LogP contribution in [0.2, 0.25) is 0 Å². The Labute approximate surface area is 74.0 Å².